The Morgan fingerprint density at radius 3 is 2.59 bits per heavy atom. The number of rotatable bonds is 7. The van der Waals surface area contributed by atoms with E-state index < -0.39 is 0 Å². The Kier molecular flexibility index (Phi) is 6.07. The molecule has 3 nitrogen and oxygen atoms in total. The zero-order valence-corrected chi connectivity index (χ0v) is 9.95. The molecule has 4 heteroatoms. The SMILES string of the molecule is CCCOC(=O)CCCOc1ccc(F)cc1. The molecule has 0 aliphatic carbocycles. The van der Waals surface area contributed by atoms with Gasteiger partial charge in [0.2, 0.25) is 0 Å². The first-order valence-corrected chi connectivity index (χ1v) is 5.76. The van der Waals surface area contributed by atoms with Crippen LogP contribution in [-0.4, -0.2) is 19.2 Å². The summed E-state index contributed by atoms with van der Waals surface area (Å²) in [6, 6.07) is 5.80. The second-order valence-corrected chi connectivity index (χ2v) is 3.63. The van der Waals surface area contributed by atoms with Gasteiger partial charge in [-0.2, -0.15) is 0 Å². The third-order valence-corrected chi connectivity index (χ3v) is 2.07. The zero-order chi connectivity index (χ0) is 12.5. The maximum atomic E-state index is 12.6. The lowest BCUT2D eigenvalue weighted by atomic mass is 10.3. The molecule has 0 atom stereocenters. The topological polar surface area (TPSA) is 35.5 Å². The van der Waals surface area contributed by atoms with E-state index in [9.17, 15) is 9.18 Å². The fourth-order valence-electron chi connectivity index (χ4n) is 1.23. The lowest BCUT2D eigenvalue weighted by Gasteiger charge is -2.06. The van der Waals surface area contributed by atoms with Gasteiger partial charge in [0.25, 0.3) is 0 Å². The van der Waals surface area contributed by atoms with Gasteiger partial charge in [-0.15, -0.1) is 0 Å². The normalized spacial score (nSPS) is 10.0. The molecule has 0 amide bonds. The van der Waals surface area contributed by atoms with Gasteiger partial charge in [-0.1, -0.05) is 6.92 Å². The number of carbonyl (C=O) groups excluding carboxylic acids is 1. The quantitative estimate of drug-likeness (QED) is 0.543. The first-order valence-electron chi connectivity index (χ1n) is 5.76. The van der Waals surface area contributed by atoms with Crippen LogP contribution in [0.15, 0.2) is 24.3 Å². The Balaban J connectivity index is 2.11. The maximum Gasteiger partial charge on any atom is 0.305 e. The molecule has 1 rings (SSSR count). The number of hydrogen-bond acceptors (Lipinski definition) is 3. The Morgan fingerprint density at radius 2 is 1.94 bits per heavy atom. The Labute approximate surface area is 101 Å². The van der Waals surface area contributed by atoms with Crippen LogP contribution in [0.3, 0.4) is 0 Å². The summed E-state index contributed by atoms with van der Waals surface area (Å²) < 4.78 is 22.8. The molecule has 0 spiro atoms. The van der Waals surface area contributed by atoms with Crippen molar-refractivity contribution in [3.63, 3.8) is 0 Å². The first-order chi connectivity index (χ1) is 8.22. The van der Waals surface area contributed by atoms with Crippen LogP contribution >= 0.6 is 0 Å². The van der Waals surface area contributed by atoms with Gasteiger partial charge < -0.3 is 9.47 Å². The van der Waals surface area contributed by atoms with E-state index in [1.165, 1.54) is 12.1 Å². The molecule has 0 fully saturated rings. The molecule has 1 aromatic rings. The number of benzene rings is 1. The third kappa shape index (κ3) is 5.90. The smallest absolute Gasteiger partial charge is 0.305 e. The Bertz CT molecular complexity index is 335. The van der Waals surface area contributed by atoms with Crippen LogP contribution in [0.4, 0.5) is 4.39 Å². The minimum atomic E-state index is -0.291. The lowest BCUT2D eigenvalue weighted by Crippen LogP contribution is -2.07. The monoisotopic (exact) mass is 240 g/mol. The van der Waals surface area contributed by atoms with Crippen molar-refractivity contribution in [3.8, 4) is 5.75 Å². The van der Waals surface area contributed by atoms with E-state index in [1.54, 1.807) is 12.1 Å². The van der Waals surface area contributed by atoms with E-state index in [0.717, 1.165) is 6.42 Å². The van der Waals surface area contributed by atoms with Crippen LogP contribution < -0.4 is 4.74 Å². The summed E-state index contributed by atoms with van der Waals surface area (Å²) in [6.07, 6.45) is 1.78. The van der Waals surface area contributed by atoms with Gasteiger partial charge >= 0.3 is 5.97 Å². The van der Waals surface area contributed by atoms with Gasteiger partial charge in [-0.25, -0.2) is 4.39 Å². The predicted molar refractivity (Wildman–Crippen MR) is 62.4 cm³/mol. The molecule has 94 valence electrons. The number of halogens is 1. The highest BCUT2D eigenvalue weighted by atomic mass is 19.1. The van der Waals surface area contributed by atoms with E-state index in [-0.39, 0.29) is 11.8 Å². The molecule has 17 heavy (non-hydrogen) atoms. The molecule has 0 aliphatic rings. The summed E-state index contributed by atoms with van der Waals surface area (Å²) in [6.45, 7) is 2.84. The van der Waals surface area contributed by atoms with Crippen molar-refractivity contribution < 1.29 is 18.7 Å². The molecule has 0 bridgehead atoms. The highest BCUT2D eigenvalue weighted by Gasteiger charge is 2.02. The van der Waals surface area contributed by atoms with Gasteiger partial charge in [-0.3, -0.25) is 4.79 Å². The lowest BCUT2D eigenvalue weighted by molar-refractivity contribution is -0.143. The van der Waals surface area contributed by atoms with Crippen LogP contribution in [0.2, 0.25) is 0 Å². The largest absolute Gasteiger partial charge is 0.494 e. The predicted octanol–water partition coefficient (Wildman–Crippen LogP) is 2.94. The van der Waals surface area contributed by atoms with Crippen molar-refractivity contribution in [2.45, 2.75) is 26.2 Å². The summed E-state index contributed by atoms with van der Waals surface area (Å²) in [5.74, 6) is 0.114. The standard InChI is InChI=1S/C13H17FO3/c1-2-9-17-13(15)4-3-10-16-12-7-5-11(14)6-8-12/h5-8H,2-4,9-10H2,1H3. The maximum absolute atomic E-state index is 12.6. The molecule has 0 unspecified atom stereocenters. The minimum Gasteiger partial charge on any atom is -0.494 e. The van der Waals surface area contributed by atoms with Gasteiger partial charge in [0.05, 0.1) is 13.2 Å². The minimum absolute atomic E-state index is 0.199. The number of carbonyl (C=O) groups is 1. The van der Waals surface area contributed by atoms with Crippen LogP contribution in [0.1, 0.15) is 26.2 Å². The summed E-state index contributed by atoms with van der Waals surface area (Å²) in [5.41, 5.74) is 0. The number of hydrogen-bond donors (Lipinski definition) is 0. The van der Waals surface area contributed by atoms with Crippen LogP contribution in [0.5, 0.6) is 5.75 Å². The molecule has 0 aromatic heterocycles. The second-order valence-electron chi connectivity index (χ2n) is 3.63. The molecule has 1 aromatic carbocycles. The fourth-order valence-corrected chi connectivity index (χ4v) is 1.23. The second kappa shape index (κ2) is 7.65. The molecule has 0 radical (unpaired) electrons. The van der Waals surface area contributed by atoms with Crippen molar-refractivity contribution in [3.05, 3.63) is 30.1 Å². The Morgan fingerprint density at radius 1 is 1.24 bits per heavy atom. The molecule has 0 saturated carbocycles. The van der Waals surface area contributed by atoms with Crippen LogP contribution in [-0.2, 0) is 9.53 Å². The summed E-state index contributed by atoms with van der Waals surface area (Å²) in [4.78, 5) is 11.1. The van der Waals surface area contributed by atoms with Gasteiger partial charge in [-0.05, 0) is 37.1 Å². The molecule has 0 aliphatic heterocycles. The first kappa shape index (κ1) is 13.5. The molecule has 0 saturated heterocycles. The molecular weight excluding hydrogens is 223 g/mol. The van der Waals surface area contributed by atoms with Crippen molar-refractivity contribution in [1.29, 1.82) is 0 Å². The summed E-state index contributed by atoms with van der Waals surface area (Å²) >= 11 is 0. The third-order valence-electron chi connectivity index (χ3n) is 2.07. The molecule has 0 N–H and O–H groups in total. The van der Waals surface area contributed by atoms with Crippen LogP contribution in [0.25, 0.3) is 0 Å². The summed E-state index contributed by atoms with van der Waals surface area (Å²) in [7, 11) is 0. The fraction of sp³-hybridized carbons (Fsp3) is 0.462. The van der Waals surface area contributed by atoms with Crippen molar-refractivity contribution in [1.82, 2.24) is 0 Å². The highest BCUT2D eigenvalue weighted by Crippen LogP contribution is 2.11. The van der Waals surface area contributed by atoms with E-state index in [4.69, 9.17) is 9.47 Å². The van der Waals surface area contributed by atoms with E-state index in [0.29, 0.717) is 31.8 Å². The summed E-state index contributed by atoms with van der Waals surface area (Å²) in [5, 5.41) is 0. The van der Waals surface area contributed by atoms with Crippen molar-refractivity contribution in [2.75, 3.05) is 13.2 Å². The number of esters is 1. The van der Waals surface area contributed by atoms with Gasteiger partial charge in [0.15, 0.2) is 0 Å². The van der Waals surface area contributed by atoms with Crippen molar-refractivity contribution >= 4 is 5.97 Å². The van der Waals surface area contributed by atoms with Crippen molar-refractivity contribution in [2.24, 2.45) is 0 Å². The Hall–Kier alpha value is -1.58. The highest BCUT2D eigenvalue weighted by molar-refractivity contribution is 5.69. The van der Waals surface area contributed by atoms with Gasteiger partial charge in [0.1, 0.15) is 11.6 Å². The van der Waals surface area contributed by atoms with E-state index >= 15 is 0 Å². The van der Waals surface area contributed by atoms with Crippen LogP contribution in [0, 0.1) is 5.82 Å². The molecule has 0 heterocycles. The number of ether oxygens (including phenoxy) is 2. The van der Waals surface area contributed by atoms with E-state index in [1.807, 2.05) is 6.92 Å². The zero-order valence-electron chi connectivity index (χ0n) is 9.95. The average molecular weight is 240 g/mol. The average Bonchev–Trinajstić information content (AvgIpc) is 2.34. The molecular formula is C13H17FO3. The van der Waals surface area contributed by atoms with E-state index in [2.05, 4.69) is 0 Å². The van der Waals surface area contributed by atoms with Gasteiger partial charge in [0, 0.05) is 6.42 Å².